The highest BCUT2D eigenvalue weighted by Crippen LogP contribution is 2.22. The molecule has 1 aromatic carbocycles. The Morgan fingerprint density at radius 3 is 2.57 bits per heavy atom. The lowest BCUT2D eigenvalue weighted by Crippen LogP contribution is -2.18. The Balaban J connectivity index is 3.05. The van der Waals surface area contributed by atoms with Crippen molar-refractivity contribution >= 4 is 0 Å². The largest absolute Gasteiger partial charge is 0.392 e. The van der Waals surface area contributed by atoms with Gasteiger partial charge in [-0.2, -0.15) is 0 Å². The SMILES string of the molecule is CC(C)[C@@H](N)c1cc(CO)ccc1F. The van der Waals surface area contributed by atoms with Gasteiger partial charge in [0, 0.05) is 11.6 Å². The van der Waals surface area contributed by atoms with Crippen LogP contribution in [0, 0.1) is 11.7 Å². The summed E-state index contributed by atoms with van der Waals surface area (Å²) in [6, 6.07) is 4.22. The maximum Gasteiger partial charge on any atom is 0.128 e. The zero-order chi connectivity index (χ0) is 10.7. The highest BCUT2D eigenvalue weighted by atomic mass is 19.1. The third-order valence-corrected chi connectivity index (χ3v) is 2.32. The fourth-order valence-corrected chi connectivity index (χ4v) is 1.31. The Morgan fingerprint density at radius 1 is 1.43 bits per heavy atom. The Hall–Kier alpha value is -0.930. The maximum atomic E-state index is 13.4. The van der Waals surface area contributed by atoms with E-state index in [9.17, 15) is 4.39 Å². The number of rotatable bonds is 3. The molecule has 14 heavy (non-hydrogen) atoms. The smallest absolute Gasteiger partial charge is 0.128 e. The van der Waals surface area contributed by atoms with Crippen LogP contribution in [-0.4, -0.2) is 5.11 Å². The van der Waals surface area contributed by atoms with E-state index in [1.807, 2.05) is 13.8 Å². The van der Waals surface area contributed by atoms with Crippen LogP contribution in [-0.2, 0) is 6.61 Å². The van der Waals surface area contributed by atoms with Gasteiger partial charge in [-0.15, -0.1) is 0 Å². The first-order chi connectivity index (χ1) is 6.56. The summed E-state index contributed by atoms with van der Waals surface area (Å²) in [5, 5.41) is 8.91. The Labute approximate surface area is 83.6 Å². The van der Waals surface area contributed by atoms with Crippen molar-refractivity contribution < 1.29 is 9.50 Å². The van der Waals surface area contributed by atoms with Gasteiger partial charge in [-0.05, 0) is 23.6 Å². The summed E-state index contributed by atoms with van der Waals surface area (Å²) in [5.74, 6) is -0.123. The van der Waals surface area contributed by atoms with Gasteiger partial charge in [0.15, 0.2) is 0 Å². The molecular weight excluding hydrogens is 181 g/mol. The van der Waals surface area contributed by atoms with E-state index in [-0.39, 0.29) is 24.4 Å². The molecule has 0 fully saturated rings. The molecule has 0 radical (unpaired) electrons. The molecule has 3 heteroatoms. The number of benzene rings is 1. The zero-order valence-electron chi connectivity index (χ0n) is 8.50. The third kappa shape index (κ3) is 2.30. The number of aliphatic hydroxyl groups is 1. The van der Waals surface area contributed by atoms with Gasteiger partial charge in [-0.1, -0.05) is 19.9 Å². The van der Waals surface area contributed by atoms with Crippen molar-refractivity contribution in [3.05, 3.63) is 35.1 Å². The minimum atomic E-state index is -0.318. The Morgan fingerprint density at radius 2 is 2.07 bits per heavy atom. The van der Waals surface area contributed by atoms with Crippen molar-refractivity contribution in [1.29, 1.82) is 0 Å². The van der Waals surface area contributed by atoms with Crippen LogP contribution in [0.15, 0.2) is 18.2 Å². The van der Waals surface area contributed by atoms with E-state index in [0.717, 1.165) is 0 Å². The van der Waals surface area contributed by atoms with Gasteiger partial charge in [0.1, 0.15) is 5.82 Å². The molecule has 1 rings (SSSR count). The lowest BCUT2D eigenvalue weighted by molar-refractivity contribution is 0.281. The number of nitrogens with two attached hydrogens (primary N) is 1. The van der Waals surface area contributed by atoms with Crippen molar-refractivity contribution in [1.82, 2.24) is 0 Å². The van der Waals surface area contributed by atoms with Gasteiger partial charge in [-0.25, -0.2) is 4.39 Å². The molecule has 0 amide bonds. The molecule has 0 saturated heterocycles. The van der Waals surface area contributed by atoms with Crippen LogP contribution in [0.4, 0.5) is 4.39 Å². The highest BCUT2D eigenvalue weighted by molar-refractivity contribution is 5.27. The highest BCUT2D eigenvalue weighted by Gasteiger charge is 2.15. The molecule has 0 unspecified atom stereocenters. The van der Waals surface area contributed by atoms with Crippen molar-refractivity contribution in [3.8, 4) is 0 Å². The van der Waals surface area contributed by atoms with Gasteiger partial charge in [0.25, 0.3) is 0 Å². The molecule has 0 bridgehead atoms. The second-order valence-electron chi connectivity index (χ2n) is 3.78. The molecule has 0 heterocycles. The topological polar surface area (TPSA) is 46.2 Å². The van der Waals surface area contributed by atoms with Crippen molar-refractivity contribution in [2.24, 2.45) is 11.7 Å². The molecule has 0 aliphatic carbocycles. The quantitative estimate of drug-likeness (QED) is 0.778. The summed E-state index contributed by atoms with van der Waals surface area (Å²) in [5.41, 5.74) is 7.01. The van der Waals surface area contributed by atoms with Crippen LogP contribution in [0.5, 0.6) is 0 Å². The predicted molar refractivity (Wildman–Crippen MR) is 54.1 cm³/mol. The van der Waals surface area contributed by atoms with Gasteiger partial charge < -0.3 is 10.8 Å². The van der Waals surface area contributed by atoms with E-state index < -0.39 is 0 Å². The molecule has 78 valence electrons. The van der Waals surface area contributed by atoms with Crippen LogP contribution in [0.25, 0.3) is 0 Å². The minimum Gasteiger partial charge on any atom is -0.392 e. The average Bonchev–Trinajstić information content (AvgIpc) is 2.17. The second-order valence-corrected chi connectivity index (χ2v) is 3.78. The lowest BCUT2D eigenvalue weighted by Gasteiger charge is -2.17. The summed E-state index contributed by atoms with van der Waals surface area (Å²) < 4.78 is 13.4. The summed E-state index contributed by atoms with van der Waals surface area (Å²) in [6.07, 6.45) is 0. The van der Waals surface area contributed by atoms with Crippen LogP contribution in [0.3, 0.4) is 0 Å². The molecule has 2 nitrogen and oxygen atoms in total. The van der Waals surface area contributed by atoms with Crippen molar-refractivity contribution in [2.45, 2.75) is 26.5 Å². The average molecular weight is 197 g/mol. The van der Waals surface area contributed by atoms with E-state index >= 15 is 0 Å². The normalized spacial score (nSPS) is 13.3. The van der Waals surface area contributed by atoms with Gasteiger partial charge in [0.05, 0.1) is 6.61 Å². The van der Waals surface area contributed by atoms with Gasteiger partial charge in [0.2, 0.25) is 0 Å². The molecule has 0 aliphatic rings. The number of hydrogen-bond acceptors (Lipinski definition) is 2. The van der Waals surface area contributed by atoms with Gasteiger partial charge >= 0.3 is 0 Å². The molecule has 1 aromatic rings. The van der Waals surface area contributed by atoms with E-state index in [4.69, 9.17) is 10.8 Å². The molecule has 0 aliphatic heterocycles. The first-order valence-corrected chi connectivity index (χ1v) is 4.71. The first kappa shape index (κ1) is 11.1. The van der Waals surface area contributed by atoms with Crippen molar-refractivity contribution in [2.75, 3.05) is 0 Å². The fourth-order valence-electron chi connectivity index (χ4n) is 1.31. The summed E-state index contributed by atoms with van der Waals surface area (Å²) >= 11 is 0. The van der Waals surface area contributed by atoms with Crippen LogP contribution in [0.2, 0.25) is 0 Å². The summed E-state index contributed by atoms with van der Waals surface area (Å²) in [6.45, 7) is 3.80. The van der Waals surface area contributed by atoms with Crippen LogP contribution < -0.4 is 5.73 Å². The minimum absolute atomic E-state index is 0.0852. The molecule has 0 aromatic heterocycles. The monoisotopic (exact) mass is 197 g/mol. The molecule has 0 spiro atoms. The maximum absolute atomic E-state index is 13.4. The molecule has 0 saturated carbocycles. The Kier molecular flexibility index (Phi) is 3.61. The summed E-state index contributed by atoms with van der Waals surface area (Å²) in [4.78, 5) is 0. The number of aliphatic hydroxyl groups excluding tert-OH is 1. The van der Waals surface area contributed by atoms with E-state index in [0.29, 0.717) is 11.1 Å². The molecule has 3 N–H and O–H groups in total. The van der Waals surface area contributed by atoms with Crippen molar-refractivity contribution in [3.63, 3.8) is 0 Å². The summed E-state index contributed by atoms with van der Waals surface area (Å²) in [7, 11) is 0. The molecule has 1 atom stereocenters. The zero-order valence-corrected chi connectivity index (χ0v) is 8.50. The van der Waals surface area contributed by atoms with E-state index in [2.05, 4.69) is 0 Å². The Bertz CT molecular complexity index is 312. The predicted octanol–water partition coefficient (Wildman–Crippen LogP) is 1.97. The first-order valence-electron chi connectivity index (χ1n) is 4.71. The standard InChI is InChI=1S/C11H16FNO/c1-7(2)11(13)9-5-8(6-14)3-4-10(9)12/h3-5,7,11,14H,6,13H2,1-2H3/t11-/m1/s1. The third-order valence-electron chi connectivity index (χ3n) is 2.32. The molecular formula is C11H16FNO. The van der Waals surface area contributed by atoms with Gasteiger partial charge in [-0.3, -0.25) is 0 Å². The lowest BCUT2D eigenvalue weighted by atomic mass is 9.95. The van der Waals surface area contributed by atoms with E-state index in [1.54, 1.807) is 12.1 Å². The van der Waals surface area contributed by atoms with Crippen LogP contribution >= 0.6 is 0 Å². The fraction of sp³-hybridized carbons (Fsp3) is 0.455. The second kappa shape index (κ2) is 4.53. The number of halogens is 1. The van der Waals surface area contributed by atoms with E-state index in [1.165, 1.54) is 6.07 Å². The number of hydrogen-bond donors (Lipinski definition) is 2. The van der Waals surface area contributed by atoms with Crippen LogP contribution in [0.1, 0.15) is 31.0 Å².